The molecule has 0 spiro atoms. The molecule has 0 unspecified atom stereocenters. The molecule has 10 heteroatoms. The van der Waals surface area contributed by atoms with Gasteiger partial charge < -0.3 is 10.7 Å². The number of hydrogen-bond donors (Lipinski definition) is 3. The zero-order chi connectivity index (χ0) is 25.4. The first-order chi connectivity index (χ1) is 17.2. The van der Waals surface area contributed by atoms with Crippen LogP contribution >= 0.6 is 0 Å². The molecule has 7 nitrogen and oxygen atoms in total. The molecule has 1 aromatic heterocycles. The largest absolute Gasteiger partial charge is 0.361 e. The van der Waals surface area contributed by atoms with Crippen LogP contribution < -0.4 is 10.0 Å². The molecule has 1 aliphatic carbocycles. The third kappa shape index (κ3) is 4.85. The minimum absolute atomic E-state index is 0.116. The monoisotopic (exact) mass is 507 g/mol. The van der Waals surface area contributed by atoms with E-state index in [9.17, 15) is 17.2 Å². The Morgan fingerprint density at radius 2 is 1.97 bits per heavy atom. The summed E-state index contributed by atoms with van der Waals surface area (Å²) in [6.07, 6.45) is 11.4. The van der Waals surface area contributed by atoms with Crippen LogP contribution in [-0.4, -0.2) is 29.7 Å². The molecule has 2 aromatic carbocycles. The van der Waals surface area contributed by atoms with Crippen molar-refractivity contribution in [3.05, 3.63) is 95.6 Å². The van der Waals surface area contributed by atoms with Gasteiger partial charge in [-0.1, -0.05) is 6.08 Å². The number of halogens is 2. The number of aromatic nitrogens is 2. The van der Waals surface area contributed by atoms with Gasteiger partial charge in [-0.25, -0.2) is 17.2 Å². The first-order valence-electron chi connectivity index (χ1n) is 11.2. The maximum absolute atomic E-state index is 14.6. The molecule has 5 rings (SSSR count). The molecule has 3 aromatic rings. The molecule has 1 saturated carbocycles. The lowest BCUT2D eigenvalue weighted by Gasteiger charge is -2.17. The number of dihydropyridines is 1. The van der Waals surface area contributed by atoms with Crippen LogP contribution in [0.2, 0.25) is 0 Å². The fourth-order valence-corrected chi connectivity index (χ4v) is 5.38. The van der Waals surface area contributed by atoms with E-state index in [1.54, 1.807) is 29.2 Å². The van der Waals surface area contributed by atoms with Gasteiger partial charge in [-0.2, -0.15) is 5.10 Å². The van der Waals surface area contributed by atoms with Crippen molar-refractivity contribution < 1.29 is 17.2 Å². The number of sulfonamides is 1. The predicted molar refractivity (Wildman–Crippen MR) is 137 cm³/mol. The summed E-state index contributed by atoms with van der Waals surface area (Å²) in [7, 11) is -1.76. The number of aryl methyl sites for hydroxylation is 1. The second-order valence-electron chi connectivity index (χ2n) is 8.72. The average Bonchev–Trinajstić information content (AvgIpc) is 3.62. The molecule has 0 atom stereocenters. The van der Waals surface area contributed by atoms with Crippen molar-refractivity contribution in [2.75, 3.05) is 4.72 Å². The first-order valence-corrected chi connectivity index (χ1v) is 12.8. The quantitative estimate of drug-likeness (QED) is 0.399. The second kappa shape index (κ2) is 9.19. The summed E-state index contributed by atoms with van der Waals surface area (Å²) >= 11 is 0. The second-order valence-corrected chi connectivity index (χ2v) is 10.7. The van der Waals surface area contributed by atoms with Crippen molar-refractivity contribution in [2.24, 2.45) is 7.05 Å². The summed E-state index contributed by atoms with van der Waals surface area (Å²) in [6.45, 7) is 0. The van der Waals surface area contributed by atoms with E-state index >= 15 is 0 Å². The Bertz CT molecular complexity index is 1570. The van der Waals surface area contributed by atoms with E-state index in [0.717, 1.165) is 29.5 Å². The smallest absolute Gasteiger partial charge is 0.235 e. The number of nitrogens with one attached hydrogen (secondary N) is 3. The van der Waals surface area contributed by atoms with Crippen molar-refractivity contribution in [2.45, 2.75) is 18.1 Å². The Morgan fingerprint density at radius 3 is 2.58 bits per heavy atom. The molecule has 0 amide bonds. The molecule has 0 saturated heterocycles. The van der Waals surface area contributed by atoms with E-state index in [-0.39, 0.29) is 11.3 Å². The number of nitrogens with zero attached hydrogens (tertiary/aromatic N) is 2. The standard InChI is InChI=1S/C26H23F2N5O2S/c1-33-15-19(14-31-33)16-2-7-26(30-13-16)24(12-29)18-8-17(23-6-3-20(27)11-25(23)28)9-21(10-18)32-36(34,35)22-4-5-22/h2-3,6-15,22,29-30,32H,4-5H2,1H3/b26-24+,29-12?. The molecular weight excluding hydrogens is 484 g/mol. The van der Waals surface area contributed by atoms with Crippen molar-refractivity contribution >= 4 is 33.1 Å². The average molecular weight is 508 g/mol. The fourth-order valence-electron chi connectivity index (χ4n) is 4.01. The maximum Gasteiger partial charge on any atom is 0.235 e. The summed E-state index contributed by atoms with van der Waals surface area (Å²) < 4.78 is 57.7. The fraction of sp³-hybridized carbons (Fsp3) is 0.154. The Balaban J connectivity index is 1.57. The summed E-state index contributed by atoms with van der Waals surface area (Å²) in [6, 6.07) is 7.99. The number of anilines is 1. The molecule has 0 bridgehead atoms. The number of benzene rings is 2. The van der Waals surface area contributed by atoms with Gasteiger partial charge >= 0.3 is 0 Å². The van der Waals surface area contributed by atoms with Gasteiger partial charge in [0.2, 0.25) is 10.0 Å². The van der Waals surface area contributed by atoms with Crippen LogP contribution in [0.5, 0.6) is 0 Å². The van der Waals surface area contributed by atoms with Crippen LogP contribution in [0.4, 0.5) is 14.5 Å². The van der Waals surface area contributed by atoms with Crippen LogP contribution in [0.15, 0.2) is 72.8 Å². The van der Waals surface area contributed by atoms with Crippen LogP contribution in [0.25, 0.3) is 22.3 Å². The zero-order valence-electron chi connectivity index (χ0n) is 19.3. The van der Waals surface area contributed by atoms with Gasteiger partial charge in [0.05, 0.1) is 11.4 Å². The van der Waals surface area contributed by atoms with Crippen LogP contribution in [0, 0.1) is 17.0 Å². The Hall–Kier alpha value is -4.05. The minimum Gasteiger partial charge on any atom is -0.361 e. The van der Waals surface area contributed by atoms with E-state index in [1.807, 2.05) is 25.4 Å². The Labute approximate surface area is 207 Å². The van der Waals surface area contributed by atoms with Gasteiger partial charge in [0.1, 0.15) is 11.6 Å². The topological polar surface area (TPSA) is 99.9 Å². The highest BCUT2D eigenvalue weighted by Crippen LogP contribution is 2.34. The van der Waals surface area contributed by atoms with Gasteiger partial charge in [-0.3, -0.25) is 9.40 Å². The predicted octanol–water partition coefficient (Wildman–Crippen LogP) is 4.83. The van der Waals surface area contributed by atoms with Crippen molar-refractivity contribution in [1.82, 2.24) is 15.1 Å². The maximum atomic E-state index is 14.6. The summed E-state index contributed by atoms with van der Waals surface area (Å²) in [5, 5.41) is 15.0. The summed E-state index contributed by atoms with van der Waals surface area (Å²) in [4.78, 5) is 0. The highest BCUT2D eigenvalue weighted by atomic mass is 32.2. The minimum atomic E-state index is -3.59. The lowest BCUT2D eigenvalue weighted by atomic mass is 9.96. The highest BCUT2D eigenvalue weighted by molar-refractivity contribution is 7.93. The first kappa shape index (κ1) is 23.7. The molecular formula is C26H23F2N5O2S. The van der Waals surface area contributed by atoms with Crippen molar-refractivity contribution in [3.63, 3.8) is 0 Å². The third-order valence-corrected chi connectivity index (χ3v) is 7.86. The number of hydrogen-bond acceptors (Lipinski definition) is 5. The van der Waals surface area contributed by atoms with Crippen molar-refractivity contribution in [3.8, 4) is 11.1 Å². The lowest BCUT2D eigenvalue weighted by molar-refractivity contribution is 0.585. The molecule has 184 valence electrons. The van der Waals surface area contributed by atoms with Crippen LogP contribution in [0.1, 0.15) is 24.0 Å². The van der Waals surface area contributed by atoms with Gasteiger partial charge in [-0.15, -0.1) is 0 Å². The molecule has 1 fully saturated rings. The zero-order valence-corrected chi connectivity index (χ0v) is 20.1. The van der Waals surface area contributed by atoms with Gasteiger partial charge in [0, 0.05) is 65.4 Å². The molecule has 0 radical (unpaired) electrons. The lowest BCUT2D eigenvalue weighted by Crippen LogP contribution is -2.17. The Kier molecular flexibility index (Phi) is 6.05. The molecule has 2 heterocycles. The Morgan fingerprint density at radius 1 is 1.17 bits per heavy atom. The number of rotatable bonds is 7. The van der Waals surface area contributed by atoms with Crippen LogP contribution in [-0.2, 0) is 17.1 Å². The summed E-state index contributed by atoms with van der Waals surface area (Å²) in [5.41, 5.74) is 4.08. The molecule has 3 N–H and O–H groups in total. The van der Waals surface area contributed by atoms with E-state index in [4.69, 9.17) is 5.41 Å². The molecule has 36 heavy (non-hydrogen) atoms. The molecule has 2 aliphatic rings. The normalized spacial score (nSPS) is 16.8. The third-order valence-electron chi connectivity index (χ3n) is 5.99. The van der Waals surface area contributed by atoms with E-state index in [1.165, 1.54) is 12.1 Å². The highest BCUT2D eigenvalue weighted by Gasteiger charge is 2.35. The summed E-state index contributed by atoms with van der Waals surface area (Å²) in [5.74, 6) is -1.48. The van der Waals surface area contributed by atoms with E-state index in [0.29, 0.717) is 35.2 Å². The van der Waals surface area contributed by atoms with E-state index in [2.05, 4.69) is 15.1 Å². The van der Waals surface area contributed by atoms with E-state index < -0.39 is 26.9 Å². The van der Waals surface area contributed by atoms with Crippen molar-refractivity contribution in [1.29, 1.82) is 5.41 Å². The van der Waals surface area contributed by atoms with Gasteiger partial charge in [-0.05, 0) is 60.4 Å². The number of allylic oxidation sites excluding steroid dienone is 4. The molecule has 1 aliphatic heterocycles. The van der Waals surface area contributed by atoms with Gasteiger partial charge in [0.15, 0.2) is 0 Å². The van der Waals surface area contributed by atoms with Gasteiger partial charge in [0.25, 0.3) is 0 Å². The van der Waals surface area contributed by atoms with Crippen LogP contribution in [0.3, 0.4) is 0 Å². The SMILES string of the molecule is Cn1cc(C2=CN/C(=C(\C=N)c3cc(NS(=O)(=O)C4CC4)cc(-c4ccc(F)cc4F)c3)C=C2)cn1.